The van der Waals surface area contributed by atoms with Crippen molar-refractivity contribution in [2.45, 2.75) is 79.8 Å². The number of hydrogen-bond acceptors (Lipinski definition) is 2. The molecule has 0 saturated heterocycles. The standard InChI is InChI=1S/C20H34O2/c1-13(2)12-20(6,14(3)4)19(21)22-18-8-7-16-9-15(5)10-17(18)11-16/h12,14-18H,7-11H2,1-6H3. The van der Waals surface area contributed by atoms with Crippen molar-refractivity contribution >= 4 is 5.97 Å². The van der Waals surface area contributed by atoms with E-state index < -0.39 is 5.41 Å². The van der Waals surface area contributed by atoms with E-state index in [4.69, 9.17) is 4.74 Å². The molecule has 0 aliphatic heterocycles. The smallest absolute Gasteiger partial charge is 0.316 e. The van der Waals surface area contributed by atoms with Gasteiger partial charge in [-0.15, -0.1) is 0 Å². The van der Waals surface area contributed by atoms with E-state index in [1.165, 1.54) is 31.3 Å². The highest BCUT2D eigenvalue weighted by atomic mass is 16.5. The van der Waals surface area contributed by atoms with Crippen molar-refractivity contribution in [2.24, 2.45) is 29.1 Å². The maximum absolute atomic E-state index is 12.9. The molecule has 0 aromatic rings. The van der Waals surface area contributed by atoms with E-state index in [0.717, 1.165) is 18.3 Å². The SMILES string of the molecule is CC(C)=CC(C)(C(=O)OC1CCC2CC(C)CC1C2)C(C)C. The summed E-state index contributed by atoms with van der Waals surface area (Å²) in [5, 5.41) is 0. The van der Waals surface area contributed by atoms with Gasteiger partial charge in [0.1, 0.15) is 6.10 Å². The summed E-state index contributed by atoms with van der Waals surface area (Å²) in [7, 11) is 0. The van der Waals surface area contributed by atoms with E-state index in [2.05, 4.69) is 40.7 Å². The molecule has 2 aliphatic carbocycles. The number of rotatable bonds is 4. The molecule has 0 heterocycles. The molecule has 22 heavy (non-hydrogen) atoms. The fourth-order valence-corrected chi connectivity index (χ4v) is 4.46. The topological polar surface area (TPSA) is 26.3 Å². The number of hydrogen-bond donors (Lipinski definition) is 0. The highest BCUT2D eigenvalue weighted by molar-refractivity contribution is 5.79. The van der Waals surface area contributed by atoms with E-state index in [1.807, 2.05) is 6.92 Å². The molecule has 2 bridgehead atoms. The van der Waals surface area contributed by atoms with Gasteiger partial charge < -0.3 is 4.74 Å². The van der Waals surface area contributed by atoms with Gasteiger partial charge in [-0.25, -0.2) is 0 Å². The zero-order valence-electron chi connectivity index (χ0n) is 15.3. The Kier molecular flexibility index (Phi) is 5.40. The van der Waals surface area contributed by atoms with Gasteiger partial charge in [0, 0.05) is 0 Å². The van der Waals surface area contributed by atoms with Gasteiger partial charge in [0.05, 0.1) is 5.41 Å². The second-order valence-corrected chi connectivity index (χ2v) is 8.62. The van der Waals surface area contributed by atoms with Crippen molar-refractivity contribution in [2.75, 3.05) is 0 Å². The summed E-state index contributed by atoms with van der Waals surface area (Å²) < 4.78 is 6.07. The van der Waals surface area contributed by atoms with Crippen LogP contribution in [-0.4, -0.2) is 12.1 Å². The van der Waals surface area contributed by atoms with Crippen molar-refractivity contribution in [3.63, 3.8) is 0 Å². The van der Waals surface area contributed by atoms with E-state index in [-0.39, 0.29) is 18.0 Å². The first-order valence-corrected chi connectivity index (χ1v) is 9.09. The Bertz CT molecular complexity index is 431. The predicted molar refractivity (Wildman–Crippen MR) is 91.5 cm³/mol. The molecule has 2 heteroatoms. The molecule has 2 fully saturated rings. The Labute approximate surface area is 136 Å². The molecule has 0 N–H and O–H groups in total. The van der Waals surface area contributed by atoms with Crippen molar-refractivity contribution in [1.29, 1.82) is 0 Å². The van der Waals surface area contributed by atoms with Crippen LogP contribution in [0.2, 0.25) is 0 Å². The normalized spacial score (nSPS) is 34.0. The van der Waals surface area contributed by atoms with Gasteiger partial charge >= 0.3 is 5.97 Å². The summed E-state index contributed by atoms with van der Waals surface area (Å²) in [6.45, 7) is 12.7. The molecular formula is C20H34O2. The minimum atomic E-state index is -0.504. The third kappa shape index (κ3) is 3.75. The van der Waals surface area contributed by atoms with Crippen LogP contribution >= 0.6 is 0 Å². The number of carbonyl (C=O) groups excluding carboxylic acids is 1. The molecule has 0 radical (unpaired) electrons. The van der Waals surface area contributed by atoms with E-state index in [0.29, 0.717) is 5.92 Å². The Morgan fingerprint density at radius 3 is 2.45 bits per heavy atom. The molecule has 0 amide bonds. The Balaban J connectivity index is 2.08. The molecule has 5 unspecified atom stereocenters. The van der Waals surface area contributed by atoms with Crippen LogP contribution in [-0.2, 0) is 9.53 Å². The fourth-order valence-electron chi connectivity index (χ4n) is 4.46. The summed E-state index contributed by atoms with van der Waals surface area (Å²) in [5.74, 6) is 2.48. The summed E-state index contributed by atoms with van der Waals surface area (Å²) in [5.41, 5.74) is 0.679. The highest BCUT2D eigenvalue weighted by Crippen LogP contribution is 2.44. The molecule has 0 aromatic heterocycles. The third-order valence-electron chi connectivity index (χ3n) is 5.95. The lowest BCUT2D eigenvalue weighted by atomic mass is 9.67. The van der Waals surface area contributed by atoms with Crippen LogP contribution in [0.3, 0.4) is 0 Å². The van der Waals surface area contributed by atoms with Gasteiger partial charge in [0.25, 0.3) is 0 Å². The van der Waals surface area contributed by atoms with E-state index >= 15 is 0 Å². The average molecular weight is 306 g/mol. The average Bonchev–Trinajstić information content (AvgIpc) is 2.40. The lowest BCUT2D eigenvalue weighted by Gasteiger charge is -2.43. The van der Waals surface area contributed by atoms with Crippen LogP contribution in [0.4, 0.5) is 0 Å². The molecule has 0 aromatic carbocycles. The van der Waals surface area contributed by atoms with Crippen molar-refractivity contribution in [3.05, 3.63) is 11.6 Å². The first kappa shape index (κ1) is 17.6. The molecule has 2 aliphatic rings. The van der Waals surface area contributed by atoms with Crippen LogP contribution in [0.25, 0.3) is 0 Å². The number of carbonyl (C=O) groups is 1. The minimum absolute atomic E-state index is 0.0228. The van der Waals surface area contributed by atoms with E-state index in [9.17, 15) is 4.79 Å². The van der Waals surface area contributed by atoms with Crippen LogP contribution < -0.4 is 0 Å². The first-order valence-electron chi connectivity index (χ1n) is 9.09. The van der Waals surface area contributed by atoms with Gasteiger partial charge in [0.15, 0.2) is 0 Å². The predicted octanol–water partition coefficient (Wildman–Crippen LogP) is 5.37. The Morgan fingerprint density at radius 1 is 1.18 bits per heavy atom. The molecular weight excluding hydrogens is 272 g/mol. The Morgan fingerprint density at radius 2 is 1.86 bits per heavy atom. The molecule has 2 rings (SSSR count). The number of fused-ring (bicyclic) bond motifs is 2. The third-order valence-corrected chi connectivity index (χ3v) is 5.95. The van der Waals surface area contributed by atoms with Crippen LogP contribution in [0.5, 0.6) is 0 Å². The van der Waals surface area contributed by atoms with Crippen molar-refractivity contribution in [3.8, 4) is 0 Å². The molecule has 2 saturated carbocycles. The minimum Gasteiger partial charge on any atom is -0.461 e. The summed E-state index contributed by atoms with van der Waals surface area (Å²) in [4.78, 5) is 12.9. The number of ether oxygens (including phenoxy) is 1. The second-order valence-electron chi connectivity index (χ2n) is 8.62. The summed E-state index contributed by atoms with van der Waals surface area (Å²) >= 11 is 0. The zero-order chi connectivity index (χ0) is 16.5. The van der Waals surface area contributed by atoms with Gasteiger partial charge in [-0.3, -0.25) is 4.79 Å². The van der Waals surface area contributed by atoms with Crippen molar-refractivity contribution < 1.29 is 9.53 Å². The summed E-state index contributed by atoms with van der Waals surface area (Å²) in [6.07, 6.45) is 8.42. The summed E-state index contributed by atoms with van der Waals surface area (Å²) in [6, 6.07) is 0. The van der Waals surface area contributed by atoms with Crippen LogP contribution in [0.1, 0.15) is 73.6 Å². The molecule has 2 nitrogen and oxygen atoms in total. The highest BCUT2D eigenvalue weighted by Gasteiger charge is 2.42. The lowest BCUT2D eigenvalue weighted by Crippen LogP contribution is -2.42. The monoisotopic (exact) mass is 306 g/mol. The molecule has 0 spiro atoms. The van der Waals surface area contributed by atoms with Gasteiger partial charge in [0.2, 0.25) is 0 Å². The Hall–Kier alpha value is -0.790. The molecule has 126 valence electrons. The lowest BCUT2D eigenvalue weighted by molar-refractivity contribution is -0.167. The van der Waals surface area contributed by atoms with Crippen LogP contribution in [0, 0.1) is 29.1 Å². The zero-order valence-corrected chi connectivity index (χ0v) is 15.3. The maximum atomic E-state index is 12.9. The molecule has 5 atom stereocenters. The van der Waals surface area contributed by atoms with Crippen molar-refractivity contribution in [1.82, 2.24) is 0 Å². The first-order chi connectivity index (χ1) is 10.2. The quantitative estimate of drug-likeness (QED) is 0.515. The van der Waals surface area contributed by atoms with Crippen LogP contribution in [0.15, 0.2) is 11.6 Å². The maximum Gasteiger partial charge on any atom is 0.316 e. The van der Waals surface area contributed by atoms with E-state index in [1.54, 1.807) is 0 Å². The number of esters is 1. The van der Waals surface area contributed by atoms with Gasteiger partial charge in [-0.05, 0) is 76.5 Å². The largest absolute Gasteiger partial charge is 0.461 e. The van der Waals surface area contributed by atoms with Gasteiger partial charge in [-0.2, -0.15) is 0 Å². The fraction of sp³-hybridized carbons (Fsp3) is 0.850. The second kappa shape index (κ2) is 6.76. The van der Waals surface area contributed by atoms with Gasteiger partial charge in [-0.1, -0.05) is 32.4 Å². The number of allylic oxidation sites excluding steroid dienone is 1.